The summed E-state index contributed by atoms with van der Waals surface area (Å²) < 4.78 is 26.5. The summed E-state index contributed by atoms with van der Waals surface area (Å²) in [5.41, 5.74) is 6.07. The lowest BCUT2D eigenvalue weighted by molar-refractivity contribution is -0.385. The Labute approximate surface area is 129 Å². The molecule has 2 rings (SSSR count). The van der Waals surface area contributed by atoms with E-state index in [0.717, 1.165) is 12.5 Å². The van der Waals surface area contributed by atoms with Gasteiger partial charge >= 0.3 is 0 Å². The normalized spacial score (nSPS) is 19.8. The largest absolute Gasteiger partial charge is 0.327 e. The van der Waals surface area contributed by atoms with Crippen molar-refractivity contribution in [1.29, 1.82) is 0 Å². The van der Waals surface area contributed by atoms with E-state index >= 15 is 0 Å². The number of rotatable bonds is 3. The summed E-state index contributed by atoms with van der Waals surface area (Å²) in [4.78, 5) is 10.2. The van der Waals surface area contributed by atoms with E-state index in [2.05, 4.69) is 0 Å². The fourth-order valence-corrected chi connectivity index (χ4v) is 4.09. The summed E-state index contributed by atoms with van der Waals surface area (Å²) in [6.07, 6.45) is 1.49. The highest BCUT2D eigenvalue weighted by Crippen LogP contribution is 2.26. The summed E-state index contributed by atoms with van der Waals surface area (Å²) in [5.74, 6) is 0. The Morgan fingerprint density at radius 1 is 1.43 bits per heavy atom. The third-order valence-corrected chi connectivity index (χ3v) is 5.43. The monoisotopic (exact) mass is 335 g/mol. The van der Waals surface area contributed by atoms with E-state index in [0.29, 0.717) is 18.5 Å². The molecule has 0 bridgehead atoms. The first-order valence-corrected chi connectivity index (χ1v) is 7.77. The third kappa shape index (κ3) is 3.70. The molecule has 0 spiro atoms. The molecule has 0 aromatic heterocycles. The highest BCUT2D eigenvalue weighted by Gasteiger charge is 2.31. The van der Waals surface area contributed by atoms with Gasteiger partial charge in [-0.1, -0.05) is 6.07 Å². The van der Waals surface area contributed by atoms with Gasteiger partial charge in [-0.2, -0.15) is 4.31 Å². The molecule has 1 aliphatic rings. The number of halogens is 1. The van der Waals surface area contributed by atoms with E-state index in [9.17, 15) is 18.5 Å². The number of piperidine rings is 1. The lowest BCUT2D eigenvalue weighted by atomic mass is 10.1. The van der Waals surface area contributed by atoms with Crippen LogP contribution in [0.2, 0.25) is 0 Å². The maximum atomic E-state index is 12.6. The number of nitrogens with zero attached hydrogens (tertiary/aromatic N) is 2. The van der Waals surface area contributed by atoms with Crippen molar-refractivity contribution < 1.29 is 13.3 Å². The average molecular weight is 336 g/mol. The molecule has 1 fully saturated rings. The van der Waals surface area contributed by atoms with E-state index < -0.39 is 14.9 Å². The van der Waals surface area contributed by atoms with Gasteiger partial charge in [-0.3, -0.25) is 10.1 Å². The van der Waals surface area contributed by atoms with Crippen LogP contribution < -0.4 is 5.73 Å². The predicted octanol–water partition coefficient (Wildman–Crippen LogP) is 1.44. The summed E-state index contributed by atoms with van der Waals surface area (Å²) in [6.45, 7) is 2.28. The van der Waals surface area contributed by atoms with Gasteiger partial charge in [0, 0.05) is 31.3 Å². The maximum absolute atomic E-state index is 12.6. The van der Waals surface area contributed by atoms with Crippen LogP contribution in [0.3, 0.4) is 0 Å². The zero-order chi connectivity index (χ0) is 14.9. The van der Waals surface area contributed by atoms with Crippen molar-refractivity contribution in [2.45, 2.75) is 30.7 Å². The molecule has 118 valence electrons. The van der Waals surface area contributed by atoms with Crippen molar-refractivity contribution in [2.75, 3.05) is 13.1 Å². The zero-order valence-electron chi connectivity index (χ0n) is 11.6. The highest BCUT2D eigenvalue weighted by atomic mass is 35.5. The maximum Gasteiger partial charge on any atom is 0.270 e. The van der Waals surface area contributed by atoms with Gasteiger partial charge < -0.3 is 5.73 Å². The van der Waals surface area contributed by atoms with Crippen molar-refractivity contribution in [2.24, 2.45) is 5.73 Å². The van der Waals surface area contributed by atoms with Crippen LogP contribution in [0.1, 0.15) is 18.4 Å². The van der Waals surface area contributed by atoms with Crippen LogP contribution in [0.15, 0.2) is 23.1 Å². The first-order chi connectivity index (χ1) is 9.32. The number of hydrogen-bond donors (Lipinski definition) is 1. The molecule has 1 aromatic carbocycles. The smallest absolute Gasteiger partial charge is 0.270 e. The number of hydrogen-bond acceptors (Lipinski definition) is 5. The molecule has 1 saturated heterocycles. The fourth-order valence-electron chi connectivity index (χ4n) is 2.31. The van der Waals surface area contributed by atoms with Crippen LogP contribution in [0.25, 0.3) is 0 Å². The standard InChI is InChI=1S/C12H17N3O4S.ClH/c1-9-4-5-11(15(16)17)7-12(9)20(18,19)14-6-2-3-10(13)8-14;/h4-5,7,10H,2-3,6,8,13H2,1H3;1H. The first kappa shape index (κ1) is 17.8. The number of non-ortho nitro benzene ring substituents is 1. The quantitative estimate of drug-likeness (QED) is 0.664. The molecule has 1 heterocycles. The highest BCUT2D eigenvalue weighted by molar-refractivity contribution is 7.89. The van der Waals surface area contributed by atoms with Gasteiger partial charge in [0.1, 0.15) is 0 Å². The summed E-state index contributed by atoms with van der Waals surface area (Å²) in [6, 6.07) is 3.69. The van der Waals surface area contributed by atoms with Crippen LogP contribution >= 0.6 is 12.4 Å². The topological polar surface area (TPSA) is 107 Å². The molecular formula is C12H18ClN3O4S. The molecule has 0 amide bonds. The molecule has 9 heteroatoms. The number of nitrogens with two attached hydrogens (primary N) is 1. The molecule has 21 heavy (non-hydrogen) atoms. The lowest BCUT2D eigenvalue weighted by Crippen LogP contribution is -2.45. The number of aryl methyl sites for hydroxylation is 1. The minimum absolute atomic E-state index is 0. The molecule has 0 aliphatic carbocycles. The van der Waals surface area contributed by atoms with Crippen LogP contribution in [0.5, 0.6) is 0 Å². The van der Waals surface area contributed by atoms with Crippen molar-refractivity contribution in [3.8, 4) is 0 Å². The Balaban J connectivity index is 0.00000220. The van der Waals surface area contributed by atoms with Gasteiger partial charge in [0.15, 0.2) is 0 Å². The number of nitro benzene ring substituents is 1. The van der Waals surface area contributed by atoms with Gasteiger partial charge in [0.25, 0.3) is 5.69 Å². The first-order valence-electron chi connectivity index (χ1n) is 6.33. The summed E-state index contributed by atoms with van der Waals surface area (Å²) >= 11 is 0. The van der Waals surface area contributed by atoms with Crippen molar-refractivity contribution in [3.05, 3.63) is 33.9 Å². The molecule has 0 radical (unpaired) electrons. The summed E-state index contributed by atoms with van der Waals surface area (Å²) in [5, 5.41) is 10.8. The van der Waals surface area contributed by atoms with E-state index in [1.54, 1.807) is 6.92 Å². The van der Waals surface area contributed by atoms with Crippen LogP contribution in [0.4, 0.5) is 5.69 Å². The van der Waals surface area contributed by atoms with Crippen molar-refractivity contribution in [1.82, 2.24) is 4.31 Å². The minimum Gasteiger partial charge on any atom is -0.327 e. The number of benzene rings is 1. The van der Waals surface area contributed by atoms with Crippen molar-refractivity contribution in [3.63, 3.8) is 0 Å². The van der Waals surface area contributed by atoms with E-state index in [1.807, 2.05) is 0 Å². The zero-order valence-corrected chi connectivity index (χ0v) is 13.2. The molecule has 0 saturated carbocycles. The van der Waals surface area contributed by atoms with Gasteiger partial charge in [0.2, 0.25) is 10.0 Å². The van der Waals surface area contributed by atoms with Crippen LogP contribution in [-0.2, 0) is 10.0 Å². The van der Waals surface area contributed by atoms with Gasteiger partial charge in [-0.15, -0.1) is 12.4 Å². The number of sulfonamides is 1. The van der Waals surface area contributed by atoms with Gasteiger partial charge in [-0.05, 0) is 25.3 Å². The van der Waals surface area contributed by atoms with Gasteiger partial charge in [0.05, 0.1) is 9.82 Å². The van der Waals surface area contributed by atoms with Crippen LogP contribution in [-0.4, -0.2) is 36.8 Å². The molecule has 1 aliphatic heterocycles. The fraction of sp³-hybridized carbons (Fsp3) is 0.500. The second kappa shape index (κ2) is 6.69. The Morgan fingerprint density at radius 2 is 2.10 bits per heavy atom. The average Bonchev–Trinajstić information content (AvgIpc) is 2.38. The summed E-state index contributed by atoms with van der Waals surface area (Å²) in [7, 11) is -3.73. The Kier molecular flexibility index (Phi) is 5.68. The molecule has 1 atom stereocenters. The lowest BCUT2D eigenvalue weighted by Gasteiger charge is -2.30. The molecule has 1 unspecified atom stereocenters. The molecule has 2 N–H and O–H groups in total. The van der Waals surface area contributed by atoms with E-state index in [1.165, 1.54) is 16.4 Å². The predicted molar refractivity (Wildman–Crippen MR) is 81.0 cm³/mol. The molecule has 1 aromatic rings. The minimum atomic E-state index is -3.73. The molecular weight excluding hydrogens is 318 g/mol. The Morgan fingerprint density at radius 3 is 2.67 bits per heavy atom. The Bertz CT molecular complexity index is 635. The molecule has 7 nitrogen and oxygen atoms in total. The van der Waals surface area contributed by atoms with Crippen molar-refractivity contribution >= 4 is 28.1 Å². The number of nitro groups is 1. The third-order valence-electron chi connectivity index (χ3n) is 3.42. The van der Waals surface area contributed by atoms with E-state index in [4.69, 9.17) is 5.73 Å². The second-order valence-electron chi connectivity index (χ2n) is 4.97. The SMILES string of the molecule is Cc1ccc([N+](=O)[O-])cc1S(=O)(=O)N1CCCC(N)C1.Cl. The van der Waals surface area contributed by atoms with E-state index in [-0.39, 0.29) is 35.6 Å². The van der Waals surface area contributed by atoms with Crippen LogP contribution in [0, 0.1) is 17.0 Å². The second-order valence-corrected chi connectivity index (χ2v) is 6.88. The Hall–Kier alpha value is -1.22. The van der Waals surface area contributed by atoms with Gasteiger partial charge in [-0.25, -0.2) is 8.42 Å².